The molecule has 10 heavy (non-hydrogen) atoms. The van der Waals surface area contributed by atoms with Gasteiger partial charge < -0.3 is 0 Å². The topological polar surface area (TPSA) is 0 Å². The predicted octanol–water partition coefficient (Wildman–Crippen LogP) is 2.65. The van der Waals surface area contributed by atoms with E-state index in [0.29, 0.717) is 0 Å². The second-order valence-electron chi connectivity index (χ2n) is 2.64. The number of aryl methyl sites for hydroxylation is 1. The van der Waals surface area contributed by atoms with E-state index >= 15 is 0 Å². The molecule has 0 heterocycles. The SMILES string of the molecule is C1=[13CH][13c]2[13cH][13cH][13cH][13cH][13c]2[13CH2]C1. The lowest BCUT2D eigenvalue weighted by Crippen LogP contribution is -1.91. The first-order valence-corrected chi connectivity index (χ1v) is 3.71. The molecule has 1 aromatic carbocycles. The van der Waals surface area contributed by atoms with Crippen LogP contribution in [0.4, 0.5) is 0 Å². The molecule has 0 nitrogen and oxygen atoms in total. The minimum absolute atomic E-state index is 1.21. The number of hydrogen-bond acceptors (Lipinski definition) is 0. The molecule has 0 bridgehead atoms. The lowest BCUT2D eigenvalue weighted by atomic mass is 10.6. The van der Waals surface area contributed by atoms with E-state index < -0.39 is 0 Å². The molecule has 0 radical (unpaired) electrons. The van der Waals surface area contributed by atoms with Crippen molar-refractivity contribution < 1.29 is 0 Å². The van der Waals surface area contributed by atoms with Crippen LogP contribution in [0.15, 0.2) is 30.3 Å². The summed E-state index contributed by atoms with van der Waals surface area (Å²) in [4.78, 5) is 0. The fourth-order valence-corrected chi connectivity index (χ4v) is 1.37. The zero-order chi connectivity index (χ0) is 6.81. The van der Waals surface area contributed by atoms with Gasteiger partial charge in [-0.15, -0.1) is 0 Å². The van der Waals surface area contributed by atoms with Crippen LogP contribution >= 0.6 is 0 Å². The maximum absolute atomic E-state index is 2.24. The molecule has 0 fully saturated rings. The summed E-state index contributed by atoms with van der Waals surface area (Å²) in [6.45, 7) is 0. The third kappa shape index (κ3) is 0.860. The van der Waals surface area contributed by atoms with E-state index in [9.17, 15) is 0 Å². The number of rotatable bonds is 0. The van der Waals surface area contributed by atoms with E-state index in [1.165, 1.54) is 24.0 Å². The van der Waals surface area contributed by atoms with Gasteiger partial charge in [-0.25, -0.2) is 0 Å². The molecule has 1 aliphatic rings. The van der Waals surface area contributed by atoms with E-state index in [1.54, 1.807) is 0 Å². The first-order valence-electron chi connectivity index (χ1n) is 3.71. The normalized spacial score (nSPS) is 14.8. The molecule has 0 N–H and O–H groups in total. The molecule has 0 atom stereocenters. The van der Waals surface area contributed by atoms with Gasteiger partial charge in [-0.1, -0.05) is 36.4 Å². The molecule has 2 rings (SSSR count). The first-order chi connectivity index (χ1) is 4.97. The molecule has 0 spiro atoms. The zero-order valence-corrected chi connectivity index (χ0v) is 5.88. The van der Waals surface area contributed by atoms with Crippen LogP contribution < -0.4 is 0 Å². The van der Waals surface area contributed by atoms with Crippen LogP contribution in [0.3, 0.4) is 0 Å². The lowest BCUT2D eigenvalue weighted by Gasteiger charge is -2.07. The molecule has 0 saturated carbocycles. The second kappa shape index (κ2) is 2.30. The van der Waals surface area contributed by atoms with Gasteiger partial charge in [0.2, 0.25) is 0 Å². The van der Waals surface area contributed by atoms with Gasteiger partial charge in [0.05, 0.1) is 0 Å². The molecular weight excluding hydrogens is 128 g/mol. The zero-order valence-electron chi connectivity index (χ0n) is 5.88. The highest BCUT2D eigenvalue weighted by molar-refractivity contribution is 5.55. The maximum Gasteiger partial charge on any atom is -0.0228 e. The third-order valence-electron chi connectivity index (χ3n) is 1.93. The number of fused-ring (bicyclic) bond motifs is 1. The van der Waals surface area contributed by atoms with Crippen molar-refractivity contribution in [1.29, 1.82) is 0 Å². The summed E-state index contributed by atoms with van der Waals surface area (Å²) in [5.41, 5.74) is 2.89. The van der Waals surface area contributed by atoms with Crippen LogP contribution in [0, 0.1) is 0 Å². The smallest absolute Gasteiger partial charge is 0.0228 e. The van der Waals surface area contributed by atoms with Gasteiger partial charge in [0, 0.05) is 0 Å². The summed E-state index contributed by atoms with van der Waals surface area (Å²) in [6.07, 6.45) is 6.87. The lowest BCUT2D eigenvalue weighted by molar-refractivity contribution is 0.986. The Morgan fingerprint density at radius 1 is 1.10 bits per heavy atom. The standard InChI is InChI=1S/C10H10/c1-2-6-10-8-4-3-7-9(10)5-1/h1-3,5-7H,4,8H2/i1+1,2+1,5+1,6+1,7+1,8+1,9+1,10+1. The Morgan fingerprint density at radius 2 is 2.00 bits per heavy atom. The molecule has 0 amide bonds. The molecule has 0 aromatic heterocycles. The Labute approximate surface area is 61.2 Å². The van der Waals surface area contributed by atoms with Crippen molar-refractivity contribution in [3.63, 3.8) is 0 Å². The number of benzene rings is 1. The monoisotopic (exact) mass is 138 g/mol. The van der Waals surface area contributed by atoms with E-state index in [4.69, 9.17) is 0 Å². The average molecular weight is 138 g/mol. The van der Waals surface area contributed by atoms with E-state index in [2.05, 4.69) is 36.4 Å². The van der Waals surface area contributed by atoms with Crippen LogP contribution in [0.25, 0.3) is 6.08 Å². The van der Waals surface area contributed by atoms with Gasteiger partial charge in [0.1, 0.15) is 0 Å². The quantitative estimate of drug-likeness (QED) is 0.483. The van der Waals surface area contributed by atoms with Crippen molar-refractivity contribution in [3.8, 4) is 0 Å². The predicted molar refractivity (Wildman–Crippen MR) is 43.8 cm³/mol. The van der Waals surface area contributed by atoms with Crippen LogP contribution in [0.2, 0.25) is 0 Å². The summed E-state index contributed by atoms with van der Waals surface area (Å²) in [7, 11) is 0. The van der Waals surface area contributed by atoms with Crippen molar-refractivity contribution in [2.24, 2.45) is 0 Å². The molecule has 0 aliphatic heterocycles. The van der Waals surface area contributed by atoms with Crippen molar-refractivity contribution in [3.05, 3.63) is 41.5 Å². The fraction of sp³-hybridized carbons (Fsp3) is 0.200. The Balaban J connectivity index is 2.54. The Kier molecular flexibility index (Phi) is 1.31. The van der Waals surface area contributed by atoms with E-state index in [-0.39, 0.29) is 0 Å². The fourth-order valence-electron chi connectivity index (χ4n) is 1.37. The summed E-state index contributed by atoms with van der Waals surface area (Å²) in [6, 6.07) is 8.58. The third-order valence-corrected chi connectivity index (χ3v) is 1.93. The van der Waals surface area contributed by atoms with Gasteiger partial charge in [0.25, 0.3) is 0 Å². The molecule has 50 valence electrons. The first kappa shape index (κ1) is 5.72. The van der Waals surface area contributed by atoms with Crippen LogP contribution in [-0.2, 0) is 6.42 Å². The van der Waals surface area contributed by atoms with Gasteiger partial charge in [0.15, 0.2) is 0 Å². The summed E-state index contributed by atoms with van der Waals surface area (Å²) < 4.78 is 0. The molecule has 1 aromatic rings. The van der Waals surface area contributed by atoms with Crippen LogP contribution in [0.1, 0.15) is 17.5 Å². The minimum atomic E-state index is 1.21. The Hall–Kier alpha value is -1.04. The highest BCUT2D eigenvalue weighted by Crippen LogP contribution is 2.17. The van der Waals surface area contributed by atoms with Gasteiger partial charge in [-0.3, -0.25) is 0 Å². The summed E-state index contributed by atoms with van der Waals surface area (Å²) in [5, 5.41) is 0. The minimum Gasteiger partial charge on any atom is -0.0836 e. The average Bonchev–Trinajstić information content (AvgIpc) is 2.05. The Bertz CT molecular complexity index is 258. The molecule has 0 saturated heterocycles. The highest BCUT2D eigenvalue weighted by Gasteiger charge is 2.00. The second-order valence-corrected chi connectivity index (χ2v) is 2.64. The van der Waals surface area contributed by atoms with Crippen molar-refractivity contribution in [2.45, 2.75) is 12.8 Å². The van der Waals surface area contributed by atoms with Gasteiger partial charge in [-0.05, 0) is 24.0 Å². The molecular formula is C10H10. The molecule has 0 unspecified atom stereocenters. The van der Waals surface area contributed by atoms with Gasteiger partial charge in [-0.2, -0.15) is 0 Å². The number of hydrogen-bond donors (Lipinski definition) is 0. The van der Waals surface area contributed by atoms with Crippen molar-refractivity contribution >= 4 is 6.08 Å². The summed E-state index contributed by atoms with van der Waals surface area (Å²) in [5.74, 6) is 0. The van der Waals surface area contributed by atoms with Crippen molar-refractivity contribution in [1.82, 2.24) is 0 Å². The van der Waals surface area contributed by atoms with Crippen molar-refractivity contribution in [2.75, 3.05) is 0 Å². The maximum atomic E-state index is 2.24. The summed E-state index contributed by atoms with van der Waals surface area (Å²) >= 11 is 0. The largest absolute Gasteiger partial charge is 0.0836 e. The van der Waals surface area contributed by atoms with E-state index in [1.807, 2.05) is 0 Å². The highest BCUT2D eigenvalue weighted by atomic mass is 15.0. The van der Waals surface area contributed by atoms with Gasteiger partial charge >= 0.3 is 0 Å². The van der Waals surface area contributed by atoms with Crippen LogP contribution in [0.5, 0.6) is 0 Å². The van der Waals surface area contributed by atoms with E-state index in [0.717, 1.165) is 0 Å². The molecule has 1 aliphatic carbocycles. The van der Waals surface area contributed by atoms with Crippen LogP contribution in [-0.4, -0.2) is 0 Å². The Morgan fingerprint density at radius 3 is 2.90 bits per heavy atom. The molecule has 0 heteroatoms. The number of allylic oxidation sites excluding steroid dienone is 1.